The second-order valence-corrected chi connectivity index (χ2v) is 6.99. The van der Waals surface area contributed by atoms with Gasteiger partial charge in [-0.05, 0) is 12.1 Å². The van der Waals surface area contributed by atoms with Crippen molar-refractivity contribution in [1.82, 2.24) is 4.98 Å². The Morgan fingerprint density at radius 3 is 2.90 bits per heavy atom. The molecule has 0 unspecified atom stereocenters. The van der Waals surface area contributed by atoms with Crippen molar-refractivity contribution in [3.63, 3.8) is 0 Å². The van der Waals surface area contributed by atoms with Crippen LogP contribution in [-0.2, 0) is 0 Å². The molecule has 3 aromatic heterocycles. The highest BCUT2D eigenvalue weighted by Gasteiger charge is 2.25. The molecule has 6 N–H and O–H groups in total. The van der Waals surface area contributed by atoms with Crippen LogP contribution in [0.1, 0.15) is 5.56 Å². The summed E-state index contributed by atoms with van der Waals surface area (Å²) in [5, 5.41) is 23.3. The van der Waals surface area contributed by atoms with Crippen LogP contribution in [0, 0.1) is 11.3 Å². The Hall–Kier alpha value is -3.81. The standard InChI is InChI=1S/C19H15N5O4S/c20-8-10-13(12-7-9-3-1-2-4-11(9)27-12)14-15(21)18(28-19(22)26)29-17(14)24-16(10)23-5-6-25/h1-4,7,25H,5-6,21H2,(H2,22,26)(H,23,24). The van der Waals surface area contributed by atoms with Crippen LogP contribution in [0.25, 0.3) is 32.5 Å². The van der Waals surface area contributed by atoms with Gasteiger partial charge in [0.1, 0.15) is 33.6 Å². The summed E-state index contributed by atoms with van der Waals surface area (Å²) in [5.41, 5.74) is 12.7. The molecule has 146 valence electrons. The number of ether oxygens (including phenoxy) is 1. The minimum Gasteiger partial charge on any atom is -0.456 e. The fraction of sp³-hybridized carbons (Fsp3) is 0.105. The van der Waals surface area contributed by atoms with E-state index in [1.54, 1.807) is 6.07 Å². The first kappa shape index (κ1) is 18.5. The molecule has 0 spiro atoms. The Morgan fingerprint density at radius 1 is 1.41 bits per heavy atom. The Bertz CT molecular complexity index is 1250. The number of carbonyl (C=O) groups excluding carboxylic acids is 1. The number of hydrogen-bond acceptors (Lipinski definition) is 9. The number of rotatable bonds is 5. The summed E-state index contributed by atoms with van der Waals surface area (Å²) >= 11 is 1.02. The van der Waals surface area contributed by atoms with Gasteiger partial charge in [-0.15, -0.1) is 0 Å². The quantitative estimate of drug-likeness (QED) is 0.391. The molecule has 0 bridgehead atoms. The number of carbonyl (C=O) groups is 1. The maximum Gasteiger partial charge on any atom is 0.410 e. The summed E-state index contributed by atoms with van der Waals surface area (Å²) in [5.74, 6) is 0.675. The highest BCUT2D eigenvalue weighted by molar-refractivity contribution is 7.21. The van der Waals surface area contributed by atoms with Gasteiger partial charge in [-0.2, -0.15) is 5.26 Å². The van der Waals surface area contributed by atoms with Gasteiger partial charge in [0.15, 0.2) is 0 Å². The smallest absolute Gasteiger partial charge is 0.410 e. The minimum absolute atomic E-state index is 0.0839. The monoisotopic (exact) mass is 409 g/mol. The number of nitrogen functional groups attached to an aromatic ring is 1. The number of primary amides is 1. The molecular formula is C19H15N5O4S. The lowest BCUT2D eigenvalue weighted by Crippen LogP contribution is -2.16. The summed E-state index contributed by atoms with van der Waals surface area (Å²) in [6.07, 6.45) is -1.01. The number of aliphatic hydroxyl groups is 1. The van der Waals surface area contributed by atoms with Gasteiger partial charge in [-0.1, -0.05) is 29.5 Å². The average molecular weight is 409 g/mol. The third-order valence-corrected chi connectivity index (χ3v) is 5.20. The van der Waals surface area contributed by atoms with Crippen molar-refractivity contribution in [3.05, 3.63) is 35.9 Å². The predicted octanol–water partition coefficient (Wildman–Crippen LogP) is 3.03. The van der Waals surface area contributed by atoms with Crippen molar-refractivity contribution < 1.29 is 19.1 Å². The number of nitriles is 1. The highest BCUT2D eigenvalue weighted by Crippen LogP contribution is 2.47. The molecule has 0 fully saturated rings. The molecule has 0 saturated heterocycles. The van der Waals surface area contributed by atoms with Crippen LogP contribution < -0.4 is 21.5 Å². The lowest BCUT2D eigenvalue weighted by atomic mass is 10.0. The number of pyridine rings is 1. The topological polar surface area (TPSA) is 160 Å². The van der Waals surface area contributed by atoms with E-state index in [9.17, 15) is 10.1 Å². The third kappa shape index (κ3) is 3.18. The number of benzene rings is 1. The molecular weight excluding hydrogens is 394 g/mol. The van der Waals surface area contributed by atoms with Gasteiger partial charge in [-0.25, -0.2) is 9.78 Å². The molecule has 0 radical (unpaired) electrons. The van der Waals surface area contributed by atoms with Crippen LogP contribution >= 0.6 is 11.3 Å². The van der Waals surface area contributed by atoms with Crippen molar-refractivity contribution in [3.8, 4) is 22.5 Å². The SMILES string of the molecule is N#Cc1c(NCCO)nc2sc(OC(N)=O)c(N)c2c1-c1cc2ccccc2o1. The first-order chi connectivity index (χ1) is 14.0. The van der Waals surface area contributed by atoms with Crippen LogP contribution in [0.5, 0.6) is 5.06 Å². The molecule has 9 nitrogen and oxygen atoms in total. The number of nitrogens with zero attached hydrogens (tertiary/aromatic N) is 2. The van der Waals surface area contributed by atoms with E-state index in [0.717, 1.165) is 16.7 Å². The second-order valence-electron chi connectivity index (χ2n) is 6.03. The summed E-state index contributed by atoms with van der Waals surface area (Å²) in [7, 11) is 0. The van der Waals surface area contributed by atoms with Gasteiger partial charge in [0.25, 0.3) is 0 Å². The summed E-state index contributed by atoms with van der Waals surface area (Å²) < 4.78 is 11.0. The number of para-hydroxylation sites is 1. The summed E-state index contributed by atoms with van der Waals surface area (Å²) in [6, 6.07) is 11.3. The molecule has 0 atom stereocenters. The van der Waals surface area contributed by atoms with Crippen LogP contribution in [-0.4, -0.2) is 29.3 Å². The van der Waals surface area contributed by atoms with E-state index in [1.807, 2.05) is 24.3 Å². The Labute approximate surface area is 168 Å². The number of furan rings is 1. The molecule has 29 heavy (non-hydrogen) atoms. The first-order valence-corrected chi connectivity index (χ1v) is 9.32. The number of fused-ring (bicyclic) bond motifs is 2. The van der Waals surface area contributed by atoms with Crippen LogP contribution in [0.4, 0.5) is 16.3 Å². The number of thiophene rings is 1. The average Bonchev–Trinajstić information content (AvgIpc) is 3.26. The van der Waals surface area contributed by atoms with Crippen molar-refractivity contribution in [1.29, 1.82) is 5.26 Å². The Balaban J connectivity index is 2.06. The van der Waals surface area contributed by atoms with Crippen molar-refractivity contribution in [2.24, 2.45) is 5.73 Å². The zero-order chi connectivity index (χ0) is 20.5. The van der Waals surface area contributed by atoms with E-state index in [-0.39, 0.29) is 35.3 Å². The van der Waals surface area contributed by atoms with E-state index >= 15 is 0 Å². The first-order valence-electron chi connectivity index (χ1n) is 8.50. The van der Waals surface area contributed by atoms with E-state index in [2.05, 4.69) is 16.4 Å². The van der Waals surface area contributed by atoms with Crippen LogP contribution in [0.2, 0.25) is 0 Å². The van der Waals surface area contributed by atoms with Gasteiger partial charge >= 0.3 is 6.09 Å². The highest BCUT2D eigenvalue weighted by atomic mass is 32.1. The van der Waals surface area contributed by atoms with E-state index < -0.39 is 6.09 Å². The summed E-state index contributed by atoms with van der Waals surface area (Å²) in [4.78, 5) is 16.1. The molecule has 3 heterocycles. The molecule has 1 aromatic carbocycles. The van der Waals surface area contributed by atoms with Gasteiger partial charge in [0.2, 0.25) is 5.06 Å². The van der Waals surface area contributed by atoms with E-state index in [1.165, 1.54) is 0 Å². The maximum atomic E-state index is 11.2. The largest absolute Gasteiger partial charge is 0.456 e. The minimum atomic E-state index is -1.01. The van der Waals surface area contributed by atoms with Crippen LogP contribution in [0.15, 0.2) is 34.7 Å². The molecule has 0 saturated carbocycles. The van der Waals surface area contributed by atoms with Crippen LogP contribution in [0.3, 0.4) is 0 Å². The van der Waals surface area contributed by atoms with Gasteiger partial charge in [0, 0.05) is 11.9 Å². The molecule has 10 heteroatoms. The second kappa shape index (κ2) is 7.31. The summed E-state index contributed by atoms with van der Waals surface area (Å²) in [6.45, 7) is 0.0471. The van der Waals surface area contributed by atoms with Gasteiger partial charge in [0.05, 0.1) is 23.2 Å². The molecule has 0 aliphatic heterocycles. The number of nitrogens with one attached hydrogen (secondary N) is 1. The Morgan fingerprint density at radius 2 is 2.21 bits per heavy atom. The maximum absolute atomic E-state index is 11.2. The molecule has 0 aliphatic carbocycles. The lowest BCUT2D eigenvalue weighted by Gasteiger charge is -2.10. The van der Waals surface area contributed by atoms with Gasteiger partial charge < -0.3 is 31.0 Å². The molecule has 0 aliphatic rings. The zero-order valence-corrected chi connectivity index (χ0v) is 15.7. The fourth-order valence-electron chi connectivity index (χ4n) is 3.06. The molecule has 1 amide bonds. The van der Waals surface area contributed by atoms with E-state index in [4.69, 9.17) is 25.7 Å². The number of hydrogen-bond donors (Lipinski definition) is 4. The third-order valence-electron chi connectivity index (χ3n) is 4.22. The number of aromatic nitrogens is 1. The predicted molar refractivity (Wildman–Crippen MR) is 110 cm³/mol. The number of nitrogens with two attached hydrogens (primary N) is 2. The molecule has 4 rings (SSSR count). The zero-order valence-electron chi connectivity index (χ0n) is 14.9. The van der Waals surface area contributed by atoms with Gasteiger partial charge in [-0.3, -0.25) is 0 Å². The normalized spacial score (nSPS) is 10.9. The number of anilines is 2. The number of aliphatic hydroxyl groups excluding tert-OH is 1. The number of amides is 1. The lowest BCUT2D eigenvalue weighted by molar-refractivity contribution is 0.212. The van der Waals surface area contributed by atoms with Crippen molar-refractivity contribution in [2.45, 2.75) is 0 Å². The Kier molecular flexibility index (Phi) is 4.67. The fourth-order valence-corrected chi connectivity index (χ4v) is 4.02. The van der Waals surface area contributed by atoms with Crippen molar-refractivity contribution in [2.75, 3.05) is 24.2 Å². The van der Waals surface area contributed by atoms with E-state index in [0.29, 0.717) is 27.1 Å². The van der Waals surface area contributed by atoms with Crippen molar-refractivity contribution >= 4 is 50.1 Å². The molecule has 4 aromatic rings.